The molecule has 0 aromatic heterocycles. The molecule has 3 heteroatoms. The van der Waals surface area contributed by atoms with Gasteiger partial charge in [-0.3, -0.25) is 4.79 Å². The van der Waals surface area contributed by atoms with Crippen molar-refractivity contribution in [3.8, 4) is 0 Å². The van der Waals surface area contributed by atoms with E-state index in [-0.39, 0.29) is 5.91 Å². The number of anilines is 1. The Labute approximate surface area is 96.3 Å². The number of hydrogen-bond acceptors (Lipinski definition) is 2. The predicted octanol–water partition coefficient (Wildman–Crippen LogP) is 2.27. The summed E-state index contributed by atoms with van der Waals surface area (Å²) >= 11 is 0. The Morgan fingerprint density at radius 3 is 2.88 bits per heavy atom. The number of benzene rings is 1. The molecule has 0 radical (unpaired) electrons. The van der Waals surface area contributed by atoms with E-state index in [0.717, 1.165) is 12.0 Å². The molecule has 1 aromatic rings. The van der Waals surface area contributed by atoms with Crippen molar-refractivity contribution < 1.29 is 4.79 Å². The Balaban J connectivity index is 2.56. The van der Waals surface area contributed by atoms with Crippen LogP contribution < -0.4 is 11.1 Å². The molecule has 16 heavy (non-hydrogen) atoms. The molecule has 0 unspecified atom stereocenters. The lowest BCUT2D eigenvalue weighted by Crippen LogP contribution is -2.24. The highest BCUT2D eigenvalue weighted by molar-refractivity contribution is 5.94. The SMILES string of the molecule is C/C=C/CCNC(=O)c1ccc(N)c(C)c1. The topological polar surface area (TPSA) is 55.1 Å². The summed E-state index contributed by atoms with van der Waals surface area (Å²) in [4.78, 5) is 11.7. The van der Waals surface area contributed by atoms with Gasteiger partial charge in [-0.1, -0.05) is 12.2 Å². The number of amides is 1. The van der Waals surface area contributed by atoms with Gasteiger partial charge >= 0.3 is 0 Å². The molecule has 0 bridgehead atoms. The predicted molar refractivity (Wildman–Crippen MR) is 67.4 cm³/mol. The largest absolute Gasteiger partial charge is 0.399 e. The number of nitrogen functional groups attached to an aromatic ring is 1. The van der Waals surface area contributed by atoms with Crippen LogP contribution in [-0.4, -0.2) is 12.5 Å². The standard InChI is InChI=1S/C13H18N2O/c1-3-4-5-8-15-13(16)11-6-7-12(14)10(2)9-11/h3-4,6-7,9H,5,8,14H2,1-2H3,(H,15,16)/b4-3+. The molecule has 1 aromatic carbocycles. The van der Waals surface area contributed by atoms with Crippen molar-refractivity contribution in [2.45, 2.75) is 20.3 Å². The number of carbonyl (C=O) groups excluding carboxylic acids is 1. The number of rotatable bonds is 4. The molecule has 3 nitrogen and oxygen atoms in total. The number of allylic oxidation sites excluding steroid dienone is 1. The van der Waals surface area contributed by atoms with Crippen molar-refractivity contribution in [3.63, 3.8) is 0 Å². The second kappa shape index (κ2) is 5.95. The zero-order valence-electron chi connectivity index (χ0n) is 9.79. The minimum absolute atomic E-state index is 0.0485. The molecule has 86 valence electrons. The summed E-state index contributed by atoms with van der Waals surface area (Å²) in [6, 6.07) is 5.31. The van der Waals surface area contributed by atoms with Crippen LogP contribution in [0.2, 0.25) is 0 Å². The average molecular weight is 218 g/mol. The van der Waals surface area contributed by atoms with E-state index in [1.54, 1.807) is 18.2 Å². The van der Waals surface area contributed by atoms with Crippen LogP contribution in [0.3, 0.4) is 0 Å². The third-order valence-electron chi connectivity index (χ3n) is 2.36. The zero-order valence-corrected chi connectivity index (χ0v) is 9.79. The lowest BCUT2D eigenvalue weighted by atomic mass is 10.1. The summed E-state index contributed by atoms with van der Waals surface area (Å²) < 4.78 is 0. The molecule has 0 atom stereocenters. The van der Waals surface area contributed by atoms with Crippen LogP contribution in [0, 0.1) is 6.92 Å². The summed E-state index contributed by atoms with van der Waals surface area (Å²) in [5.74, 6) is -0.0485. The van der Waals surface area contributed by atoms with Crippen LogP contribution in [0.25, 0.3) is 0 Å². The Morgan fingerprint density at radius 1 is 1.50 bits per heavy atom. The van der Waals surface area contributed by atoms with Gasteiger partial charge < -0.3 is 11.1 Å². The molecule has 0 saturated carbocycles. The van der Waals surface area contributed by atoms with E-state index in [9.17, 15) is 4.79 Å². The molecule has 1 rings (SSSR count). The summed E-state index contributed by atoms with van der Waals surface area (Å²) in [5, 5.41) is 2.85. The van der Waals surface area contributed by atoms with Gasteiger partial charge in [0.1, 0.15) is 0 Å². The summed E-state index contributed by atoms with van der Waals surface area (Å²) in [5.41, 5.74) is 7.99. The first kappa shape index (κ1) is 12.3. The van der Waals surface area contributed by atoms with Gasteiger partial charge in [0.15, 0.2) is 0 Å². The highest BCUT2D eigenvalue weighted by Crippen LogP contribution is 2.12. The molecule has 0 fully saturated rings. The van der Waals surface area contributed by atoms with E-state index in [2.05, 4.69) is 5.32 Å². The van der Waals surface area contributed by atoms with Crippen LogP contribution in [0.15, 0.2) is 30.4 Å². The molecular formula is C13H18N2O. The fourth-order valence-electron chi connectivity index (χ4n) is 1.35. The lowest BCUT2D eigenvalue weighted by molar-refractivity contribution is 0.0954. The van der Waals surface area contributed by atoms with Crippen molar-refractivity contribution in [1.29, 1.82) is 0 Å². The highest BCUT2D eigenvalue weighted by Gasteiger charge is 2.05. The zero-order chi connectivity index (χ0) is 12.0. The smallest absolute Gasteiger partial charge is 0.251 e. The van der Waals surface area contributed by atoms with Gasteiger partial charge in [-0.05, 0) is 44.0 Å². The summed E-state index contributed by atoms with van der Waals surface area (Å²) in [7, 11) is 0. The maximum absolute atomic E-state index is 11.7. The number of aryl methyl sites for hydroxylation is 1. The molecule has 0 heterocycles. The number of nitrogens with one attached hydrogen (secondary N) is 1. The van der Waals surface area contributed by atoms with E-state index < -0.39 is 0 Å². The van der Waals surface area contributed by atoms with Gasteiger partial charge in [0.25, 0.3) is 5.91 Å². The number of hydrogen-bond donors (Lipinski definition) is 2. The lowest BCUT2D eigenvalue weighted by Gasteiger charge is -2.05. The maximum Gasteiger partial charge on any atom is 0.251 e. The van der Waals surface area contributed by atoms with Crippen molar-refractivity contribution in [2.75, 3.05) is 12.3 Å². The van der Waals surface area contributed by atoms with Crippen molar-refractivity contribution in [2.24, 2.45) is 0 Å². The van der Waals surface area contributed by atoms with Crippen LogP contribution in [0.5, 0.6) is 0 Å². The quantitative estimate of drug-likeness (QED) is 0.463. The molecule has 1 amide bonds. The first-order valence-electron chi connectivity index (χ1n) is 5.40. The molecule has 0 aliphatic rings. The van der Waals surface area contributed by atoms with Crippen LogP contribution in [0.1, 0.15) is 29.3 Å². The minimum Gasteiger partial charge on any atom is -0.399 e. The van der Waals surface area contributed by atoms with E-state index in [0.29, 0.717) is 17.8 Å². The Bertz CT molecular complexity index is 397. The van der Waals surface area contributed by atoms with Crippen molar-refractivity contribution in [1.82, 2.24) is 5.32 Å². The Morgan fingerprint density at radius 2 is 2.25 bits per heavy atom. The third-order valence-corrected chi connectivity index (χ3v) is 2.36. The monoisotopic (exact) mass is 218 g/mol. The van der Waals surface area contributed by atoms with Gasteiger partial charge in [-0.15, -0.1) is 0 Å². The number of nitrogens with two attached hydrogens (primary N) is 1. The first-order valence-corrected chi connectivity index (χ1v) is 5.40. The van der Waals surface area contributed by atoms with Crippen LogP contribution in [0.4, 0.5) is 5.69 Å². The van der Waals surface area contributed by atoms with Crippen LogP contribution >= 0.6 is 0 Å². The van der Waals surface area contributed by atoms with Gasteiger partial charge in [0.2, 0.25) is 0 Å². The van der Waals surface area contributed by atoms with E-state index in [1.807, 2.05) is 26.0 Å². The van der Waals surface area contributed by atoms with E-state index >= 15 is 0 Å². The van der Waals surface area contributed by atoms with Crippen molar-refractivity contribution >= 4 is 11.6 Å². The fraction of sp³-hybridized carbons (Fsp3) is 0.308. The van der Waals surface area contributed by atoms with Crippen molar-refractivity contribution in [3.05, 3.63) is 41.5 Å². The minimum atomic E-state index is -0.0485. The fourth-order valence-corrected chi connectivity index (χ4v) is 1.35. The molecule has 0 aliphatic carbocycles. The number of carbonyl (C=O) groups is 1. The molecular weight excluding hydrogens is 200 g/mol. The maximum atomic E-state index is 11.7. The molecule has 0 saturated heterocycles. The normalized spacial score (nSPS) is 10.6. The van der Waals surface area contributed by atoms with Gasteiger partial charge in [0, 0.05) is 17.8 Å². The Kier molecular flexibility index (Phi) is 4.58. The van der Waals surface area contributed by atoms with E-state index in [1.165, 1.54) is 0 Å². The van der Waals surface area contributed by atoms with Crippen LogP contribution in [-0.2, 0) is 0 Å². The first-order chi connectivity index (χ1) is 7.65. The molecule has 3 N–H and O–H groups in total. The third kappa shape index (κ3) is 3.42. The van der Waals surface area contributed by atoms with Gasteiger partial charge in [0.05, 0.1) is 0 Å². The van der Waals surface area contributed by atoms with Gasteiger partial charge in [-0.2, -0.15) is 0 Å². The van der Waals surface area contributed by atoms with E-state index in [4.69, 9.17) is 5.73 Å². The summed E-state index contributed by atoms with van der Waals surface area (Å²) in [6.45, 7) is 4.52. The van der Waals surface area contributed by atoms with Gasteiger partial charge in [-0.25, -0.2) is 0 Å². The molecule has 0 spiro atoms. The Hall–Kier alpha value is -1.77. The second-order valence-electron chi connectivity index (χ2n) is 3.68. The summed E-state index contributed by atoms with van der Waals surface area (Å²) in [6.07, 6.45) is 4.85. The molecule has 0 aliphatic heterocycles. The average Bonchev–Trinajstić information content (AvgIpc) is 2.28. The highest BCUT2D eigenvalue weighted by atomic mass is 16.1. The second-order valence-corrected chi connectivity index (χ2v) is 3.68.